The smallest absolute Gasteiger partial charge is 0.163 e. The molecule has 0 aliphatic carbocycles. The summed E-state index contributed by atoms with van der Waals surface area (Å²) in [7, 11) is 1.87. The van der Waals surface area contributed by atoms with Gasteiger partial charge in [-0.2, -0.15) is 0 Å². The number of fused-ring (bicyclic) bond motifs is 1. The van der Waals surface area contributed by atoms with Crippen LogP contribution in [0.3, 0.4) is 0 Å². The number of hydrogen-bond donors (Lipinski definition) is 1. The summed E-state index contributed by atoms with van der Waals surface area (Å²) in [6.45, 7) is 1.25. The number of benzene rings is 1. The minimum Gasteiger partial charge on any atom is -0.486 e. The maximum absolute atomic E-state index is 5.44. The van der Waals surface area contributed by atoms with Crippen molar-refractivity contribution in [1.29, 1.82) is 0 Å². The topological polar surface area (TPSA) is 30.5 Å². The van der Waals surface area contributed by atoms with Crippen LogP contribution in [0.25, 0.3) is 0 Å². The second-order valence-electron chi connectivity index (χ2n) is 2.73. The standard InChI is InChI=1S/C9H10BrNO2/c1-11-7-5-9-8(4-6(7)10)12-2-3-13-9/h4-5,11H,2-3H2,1H3. The van der Waals surface area contributed by atoms with Crippen LogP contribution in [0.1, 0.15) is 0 Å². The molecule has 1 aliphatic rings. The fourth-order valence-corrected chi connectivity index (χ4v) is 1.78. The van der Waals surface area contributed by atoms with Crippen LogP contribution in [0.5, 0.6) is 11.5 Å². The van der Waals surface area contributed by atoms with Crippen LogP contribution in [0.4, 0.5) is 5.69 Å². The normalized spacial score (nSPS) is 14.0. The fraction of sp³-hybridized carbons (Fsp3) is 0.333. The van der Waals surface area contributed by atoms with Crippen LogP contribution in [0, 0.1) is 0 Å². The molecular formula is C9H10BrNO2. The molecule has 0 atom stereocenters. The van der Waals surface area contributed by atoms with Crippen LogP contribution >= 0.6 is 15.9 Å². The van der Waals surface area contributed by atoms with Crippen molar-refractivity contribution in [3.8, 4) is 11.5 Å². The lowest BCUT2D eigenvalue weighted by Crippen LogP contribution is -2.15. The average Bonchev–Trinajstić information content (AvgIpc) is 2.17. The zero-order chi connectivity index (χ0) is 9.26. The Morgan fingerprint density at radius 1 is 1.23 bits per heavy atom. The molecule has 13 heavy (non-hydrogen) atoms. The minimum atomic E-state index is 0.623. The Morgan fingerprint density at radius 3 is 2.46 bits per heavy atom. The van der Waals surface area contributed by atoms with E-state index in [4.69, 9.17) is 9.47 Å². The average molecular weight is 244 g/mol. The highest BCUT2D eigenvalue weighted by molar-refractivity contribution is 9.10. The molecule has 1 heterocycles. The van der Waals surface area contributed by atoms with E-state index in [-0.39, 0.29) is 0 Å². The van der Waals surface area contributed by atoms with Crippen molar-refractivity contribution in [2.75, 3.05) is 25.6 Å². The Labute approximate surface area is 85.2 Å². The molecule has 1 aliphatic heterocycles. The highest BCUT2D eigenvalue weighted by Gasteiger charge is 2.13. The summed E-state index contributed by atoms with van der Waals surface area (Å²) in [6, 6.07) is 3.85. The first-order valence-corrected chi connectivity index (χ1v) is 4.87. The summed E-state index contributed by atoms with van der Waals surface area (Å²) in [5.41, 5.74) is 1.00. The van der Waals surface area contributed by atoms with Crippen LogP contribution in [-0.2, 0) is 0 Å². The van der Waals surface area contributed by atoms with E-state index in [0.29, 0.717) is 13.2 Å². The lowest BCUT2D eigenvalue weighted by Gasteiger charge is -2.19. The second kappa shape index (κ2) is 3.46. The molecule has 0 spiro atoms. The quantitative estimate of drug-likeness (QED) is 0.821. The van der Waals surface area contributed by atoms with Gasteiger partial charge in [0.05, 0.1) is 5.69 Å². The van der Waals surface area contributed by atoms with Gasteiger partial charge in [0, 0.05) is 23.7 Å². The van der Waals surface area contributed by atoms with E-state index in [0.717, 1.165) is 21.7 Å². The summed E-state index contributed by atoms with van der Waals surface area (Å²) < 4.78 is 11.8. The molecule has 0 aromatic heterocycles. The number of hydrogen-bond acceptors (Lipinski definition) is 3. The Balaban J connectivity index is 2.44. The third-order valence-electron chi connectivity index (χ3n) is 1.90. The van der Waals surface area contributed by atoms with E-state index in [9.17, 15) is 0 Å². The number of halogens is 1. The SMILES string of the molecule is CNc1cc2c(cc1Br)OCCO2. The molecule has 1 N–H and O–H groups in total. The first kappa shape index (κ1) is 8.69. The van der Waals surface area contributed by atoms with Gasteiger partial charge in [-0.05, 0) is 15.9 Å². The highest BCUT2D eigenvalue weighted by atomic mass is 79.9. The monoisotopic (exact) mass is 243 g/mol. The summed E-state index contributed by atoms with van der Waals surface area (Å²) in [5, 5.41) is 3.06. The van der Waals surface area contributed by atoms with Gasteiger partial charge in [0.25, 0.3) is 0 Å². The number of anilines is 1. The fourth-order valence-electron chi connectivity index (χ4n) is 1.26. The summed E-state index contributed by atoms with van der Waals surface area (Å²) >= 11 is 3.44. The van der Waals surface area contributed by atoms with Crippen molar-refractivity contribution in [3.05, 3.63) is 16.6 Å². The van der Waals surface area contributed by atoms with Crippen LogP contribution in [-0.4, -0.2) is 20.3 Å². The third kappa shape index (κ3) is 1.58. The van der Waals surface area contributed by atoms with Crippen molar-refractivity contribution >= 4 is 21.6 Å². The van der Waals surface area contributed by atoms with Crippen LogP contribution in [0.2, 0.25) is 0 Å². The molecule has 0 amide bonds. The van der Waals surface area contributed by atoms with E-state index in [1.807, 2.05) is 19.2 Å². The first-order chi connectivity index (χ1) is 6.31. The van der Waals surface area contributed by atoms with Crippen molar-refractivity contribution in [2.24, 2.45) is 0 Å². The molecule has 0 bridgehead atoms. The maximum atomic E-state index is 5.44. The molecule has 0 radical (unpaired) electrons. The van der Waals surface area contributed by atoms with Gasteiger partial charge in [0.15, 0.2) is 11.5 Å². The number of nitrogens with one attached hydrogen (secondary N) is 1. The Hall–Kier alpha value is -0.900. The Morgan fingerprint density at radius 2 is 1.85 bits per heavy atom. The van der Waals surface area contributed by atoms with E-state index in [1.165, 1.54) is 0 Å². The molecule has 3 nitrogen and oxygen atoms in total. The van der Waals surface area contributed by atoms with Crippen LogP contribution < -0.4 is 14.8 Å². The van der Waals surface area contributed by atoms with Crippen molar-refractivity contribution in [3.63, 3.8) is 0 Å². The molecule has 2 rings (SSSR count). The molecule has 4 heteroatoms. The van der Waals surface area contributed by atoms with Gasteiger partial charge >= 0.3 is 0 Å². The molecule has 1 aromatic carbocycles. The van der Waals surface area contributed by atoms with Gasteiger partial charge in [-0.3, -0.25) is 0 Å². The van der Waals surface area contributed by atoms with Gasteiger partial charge in [0.2, 0.25) is 0 Å². The molecule has 0 unspecified atom stereocenters. The van der Waals surface area contributed by atoms with E-state index >= 15 is 0 Å². The maximum Gasteiger partial charge on any atom is 0.163 e. The predicted octanol–water partition coefficient (Wildman–Crippen LogP) is 2.26. The molecule has 0 saturated heterocycles. The highest BCUT2D eigenvalue weighted by Crippen LogP contribution is 2.37. The summed E-state index contributed by atoms with van der Waals surface area (Å²) in [5.74, 6) is 1.61. The first-order valence-electron chi connectivity index (χ1n) is 4.08. The zero-order valence-corrected chi connectivity index (χ0v) is 8.85. The zero-order valence-electron chi connectivity index (χ0n) is 7.26. The van der Waals surface area contributed by atoms with Gasteiger partial charge < -0.3 is 14.8 Å². The van der Waals surface area contributed by atoms with Crippen LogP contribution in [0.15, 0.2) is 16.6 Å². The van der Waals surface area contributed by atoms with Crippen molar-refractivity contribution < 1.29 is 9.47 Å². The largest absolute Gasteiger partial charge is 0.486 e. The van der Waals surface area contributed by atoms with E-state index in [1.54, 1.807) is 0 Å². The second-order valence-corrected chi connectivity index (χ2v) is 3.58. The number of ether oxygens (including phenoxy) is 2. The van der Waals surface area contributed by atoms with E-state index in [2.05, 4.69) is 21.2 Å². The van der Waals surface area contributed by atoms with E-state index < -0.39 is 0 Å². The van der Waals surface area contributed by atoms with Crippen molar-refractivity contribution in [2.45, 2.75) is 0 Å². The summed E-state index contributed by atoms with van der Waals surface area (Å²) in [4.78, 5) is 0. The van der Waals surface area contributed by atoms with Gasteiger partial charge in [-0.1, -0.05) is 0 Å². The third-order valence-corrected chi connectivity index (χ3v) is 2.56. The molecule has 0 fully saturated rings. The summed E-state index contributed by atoms with van der Waals surface area (Å²) in [6.07, 6.45) is 0. The van der Waals surface area contributed by atoms with Gasteiger partial charge in [-0.25, -0.2) is 0 Å². The molecule has 0 saturated carbocycles. The lowest BCUT2D eigenvalue weighted by atomic mass is 10.2. The van der Waals surface area contributed by atoms with Crippen molar-refractivity contribution in [1.82, 2.24) is 0 Å². The lowest BCUT2D eigenvalue weighted by molar-refractivity contribution is 0.171. The van der Waals surface area contributed by atoms with Gasteiger partial charge in [0.1, 0.15) is 13.2 Å². The predicted molar refractivity (Wildman–Crippen MR) is 54.7 cm³/mol. The molecule has 70 valence electrons. The Bertz CT molecular complexity index is 328. The van der Waals surface area contributed by atoms with Gasteiger partial charge in [-0.15, -0.1) is 0 Å². The Kier molecular flexibility index (Phi) is 2.31. The molecular weight excluding hydrogens is 234 g/mol. The minimum absolute atomic E-state index is 0.623. The molecule has 1 aromatic rings. The number of rotatable bonds is 1.